The number of urea groups is 1. The number of halogens is 3. The van der Waals surface area contributed by atoms with Gasteiger partial charge >= 0.3 is 12.2 Å². The number of anilines is 3. The summed E-state index contributed by atoms with van der Waals surface area (Å²) in [7, 11) is 3.41. The molecular formula is C30H32F3N9O3. The summed E-state index contributed by atoms with van der Waals surface area (Å²) >= 11 is 0. The van der Waals surface area contributed by atoms with Crippen molar-refractivity contribution in [3.63, 3.8) is 0 Å². The highest BCUT2D eigenvalue weighted by Crippen LogP contribution is 2.37. The van der Waals surface area contributed by atoms with Gasteiger partial charge in [-0.25, -0.2) is 24.5 Å². The Bertz CT molecular complexity index is 1670. The van der Waals surface area contributed by atoms with Crippen LogP contribution in [0.3, 0.4) is 0 Å². The number of hydrogen-bond donors (Lipinski definition) is 3. The summed E-state index contributed by atoms with van der Waals surface area (Å²) in [6, 6.07) is 12.8. The maximum Gasteiger partial charge on any atom is 0.408 e. The van der Waals surface area contributed by atoms with E-state index in [9.17, 15) is 22.8 Å². The van der Waals surface area contributed by atoms with E-state index in [0.717, 1.165) is 23.9 Å². The van der Waals surface area contributed by atoms with E-state index in [2.05, 4.69) is 31.0 Å². The first kappa shape index (κ1) is 30.3. The number of hydrogen-bond acceptors (Lipinski definition) is 8. The van der Waals surface area contributed by atoms with Gasteiger partial charge in [-0.2, -0.15) is 18.3 Å². The van der Waals surface area contributed by atoms with E-state index in [0.29, 0.717) is 46.9 Å². The number of fused-ring (bicyclic) bond motifs is 3. The van der Waals surface area contributed by atoms with Crippen LogP contribution in [0.2, 0.25) is 0 Å². The van der Waals surface area contributed by atoms with Crippen molar-refractivity contribution in [1.82, 2.24) is 30.2 Å². The van der Waals surface area contributed by atoms with Crippen LogP contribution in [0.4, 0.5) is 35.2 Å². The second-order valence-corrected chi connectivity index (χ2v) is 11.3. The maximum absolute atomic E-state index is 13.4. The van der Waals surface area contributed by atoms with Gasteiger partial charge < -0.3 is 20.3 Å². The Kier molecular flexibility index (Phi) is 8.29. The van der Waals surface area contributed by atoms with E-state index in [-0.39, 0.29) is 29.5 Å². The van der Waals surface area contributed by atoms with Gasteiger partial charge in [-0.3, -0.25) is 10.2 Å². The van der Waals surface area contributed by atoms with Crippen LogP contribution in [0.5, 0.6) is 0 Å². The molecule has 2 aliphatic heterocycles. The van der Waals surface area contributed by atoms with Crippen LogP contribution in [0, 0.1) is 0 Å². The number of hydrazine groups is 1. The second kappa shape index (κ2) is 12.3. The molecule has 3 amide bonds. The van der Waals surface area contributed by atoms with Gasteiger partial charge in [0.25, 0.3) is 5.91 Å². The summed E-state index contributed by atoms with van der Waals surface area (Å²) in [4.78, 5) is 36.3. The fourth-order valence-electron chi connectivity index (χ4n) is 5.70. The Hall–Kier alpha value is -4.76. The predicted molar refractivity (Wildman–Crippen MR) is 162 cm³/mol. The number of nitrogens with zero attached hydrogens (tertiary/aromatic N) is 6. The minimum atomic E-state index is -4.48. The largest absolute Gasteiger partial charge is 0.408 e. The molecule has 2 unspecified atom stereocenters. The summed E-state index contributed by atoms with van der Waals surface area (Å²) in [5, 5.41) is 11.5. The molecule has 2 aliphatic rings. The molecule has 236 valence electrons. The molecule has 4 heterocycles. The van der Waals surface area contributed by atoms with Crippen LogP contribution >= 0.6 is 0 Å². The van der Waals surface area contributed by atoms with Crippen LogP contribution in [-0.2, 0) is 11.3 Å². The number of morpholine rings is 1. The van der Waals surface area contributed by atoms with Gasteiger partial charge in [0, 0.05) is 36.6 Å². The van der Waals surface area contributed by atoms with E-state index in [1.54, 1.807) is 62.6 Å². The number of carbonyl (C=O) groups excluding carboxylic acids is 2. The Labute approximate surface area is 256 Å². The van der Waals surface area contributed by atoms with Gasteiger partial charge in [0.1, 0.15) is 12.4 Å². The molecule has 2 atom stereocenters. The standard InChI is InChI=1S/C30H32F3N9O3/c1-40(2)39-28(43)19-8-12-21(13-9-19)36-29(44)35-20-10-6-18(7-11-20)25-37-26-24(14-34-41(26)17-30(31,32)33)27(38-25)42-22-4-3-5-23(42)16-45-15-22/h6-14,22-23H,3-5,15-17H2,1-2H3,(H,39,43)(H2,35,36,44). The number of aromatic nitrogens is 4. The van der Waals surface area contributed by atoms with Gasteiger partial charge in [-0.1, -0.05) is 0 Å². The minimum Gasteiger partial charge on any atom is -0.377 e. The molecule has 0 spiro atoms. The van der Waals surface area contributed by atoms with Crippen LogP contribution in [0.25, 0.3) is 22.4 Å². The molecule has 2 bridgehead atoms. The van der Waals surface area contributed by atoms with Crippen molar-refractivity contribution in [3.05, 3.63) is 60.3 Å². The minimum absolute atomic E-state index is 0.0610. The summed E-state index contributed by atoms with van der Waals surface area (Å²) in [5.74, 6) is 0.526. The van der Waals surface area contributed by atoms with Gasteiger partial charge in [0.05, 0.1) is 36.9 Å². The predicted octanol–water partition coefficient (Wildman–Crippen LogP) is 4.66. The zero-order valence-electron chi connectivity index (χ0n) is 24.6. The molecule has 6 rings (SSSR count). The van der Waals surface area contributed by atoms with Crippen LogP contribution < -0.4 is 21.0 Å². The molecule has 0 aliphatic carbocycles. The number of benzene rings is 2. The monoisotopic (exact) mass is 623 g/mol. The third-order valence-electron chi connectivity index (χ3n) is 7.66. The molecule has 4 aromatic rings. The Balaban J connectivity index is 1.23. The lowest BCUT2D eigenvalue weighted by Gasteiger charge is -2.46. The van der Waals surface area contributed by atoms with Crippen LogP contribution in [0.1, 0.15) is 29.6 Å². The second-order valence-electron chi connectivity index (χ2n) is 11.3. The number of carbonyl (C=O) groups is 2. The smallest absolute Gasteiger partial charge is 0.377 e. The lowest BCUT2D eigenvalue weighted by molar-refractivity contribution is -0.141. The fourth-order valence-corrected chi connectivity index (χ4v) is 5.70. The fraction of sp³-hybridized carbons (Fsp3) is 0.367. The van der Waals surface area contributed by atoms with Gasteiger partial charge in [0.15, 0.2) is 11.5 Å². The maximum atomic E-state index is 13.4. The molecule has 0 saturated carbocycles. The van der Waals surface area contributed by atoms with Crippen molar-refractivity contribution >= 4 is 40.2 Å². The number of piperidine rings is 1. The molecule has 2 fully saturated rings. The van der Waals surface area contributed by atoms with Crippen LogP contribution in [-0.4, -0.2) is 82.3 Å². The summed E-state index contributed by atoms with van der Waals surface area (Å²) in [5.41, 5.74) is 4.71. The van der Waals surface area contributed by atoms with E-state index < -0.39 is 18.8 Å². The average Bonchev–Trinajstić information content (AvgIpc) is 3.37. The Morgan fingerprint density at radius 3 is 2.18 bits per heavy atom. The van der Waals surface area contributed by atoms with Crippen molar-refractivity contribution in [2.75, 3.05) is 42.8 Å². The molecular weight excluding hydrogens is 591 g/mol. The lowest BCUT2D eigenvalue weighted by atomic mass is 9.94. The van der Waals surface area contributed by atoms with E-state index in [1.165, 1.54) is 11.2 Å². The lowest BCUT2D eigenvalue weighted by Crippen LogP contribution is -2.55. The van der Waals surface area contributed by atoms with Crippen molar-refractivity contribution in [2.24, 2.45) is 0 Å². The number of amides is 3. The highest BCUT2D eigenvalue weighted by atomic mass is 19.4. The first-order chi connectivity index (χ1) is 21.5. The highest BCUT2D eigenvalue weighted by molar-refractivity contribution is 6.00. The molecule has 0 radical (unpaired) electrons. The van der Waals surface area contributed by atoms with Crippen molar-refractivity contribution < 1.29 is 27.5 Å². The zero-order valence-corrected chi connectivity index (χ0v) is 24.6. The molecule has 2 saturated heterocycles. The normalized spacial score (nSPS) is 18.2. The zero-order chi connectivity index (χ0) is 31.7. The third-order valence-corrected chi connectivity index (χ3v) is 7.66. The first-order valence-electron chi connectivity index (χ1n) is 14.5. The third kappa shape index (κ3) is 6.83. The average molecular weight is 624 g/mol. The number of nitrogens with one attached hydrogen (secondary N) is 3. The summed E-state index contributed by atoms with van der Waals surface area (Å²) in [6.07, 6.45) is -0.233. The van der Waals surface area contributed by atoms with E-state index in [4.69, 9.17) is 9.72 Å². The summed E-state index contributed by atoms with van der Waals surface area (Å²) in [6.45, 7) is -0.231. The number of alkyl halides is 3. The van der Waals surface area contributed by atoms with Crippen molar-refractivity contribution in [1.29, 1.82) is 0 Å². The van der Waals surface area contributed by atoms with Gasteiger partial charge in [-0.15, -0.1) is 0 Å². The Morgan fingerprint density at radius 2 is 1.58 bits per heavy atom. The molecule has 12 nitrogen and oxygen atoms in total. The van der Waals surface area contributed by atoms with Gasteiger partial charge in [-0.05, 0) is 67.8 Å². The molecule has 15 heteroatoms. The number of rotatable bonds is 7. The Morgan fingerprint density at radius 1 is 0.956 bits per heavy atom. The highest BCUT2D eigenvalue weighted by Gasteiger charge is 2.38. The molecule has 2 aromatic carbocycles. The first-order valence-corrected chi connectivity index (χ1v) is 14.5. The van der Waals surface area contributed by atoms with Gasteiger partial charge in [0.2, 0.25) is 0 Å². The van der Waals surface area contributed by atoms with E-state index >= 15 is 0 Å². The quantitative estimate of drug-likeness (QED) is 0.254. The van der Waals surface area contributed by atoms with Crippen molar-refractivity contribution in [3.8, 4) is 11.4 Å². The van der Waals surface area contributed by atoms with E-state index in [1.807, 2.05) is 0 Å². The topological polar surface area (TPSA) is 130 Å². The number of ether oxygens (including phenoxy) is 1. The SMILES string of the molecule is CN(C)NC(=O)c1ccc(NC(=O)Nc2ccc(-c3nc(N4C5CCCC4COC5)c4cnn(CC(F)(F)F)c4n3)cc2)cc1. The van der Waals surface area contributed by atoms with Crippen molar-refractivity contribution in [2.45, 2.75) is 44.1 Å². The van der Waals surface area contributed by atoms with Crippen LogP contribution in [0.15, 0.2) is 54.7 Å². The molecule has 45 heavy (non-hydrogen) atoms. The molecule has 3 N–H and O–H groups in total. The molecule has 2 aromatic heterocycles. The summed E-state index contributed by atoms with van der Waals surface area (Å²) < 4.78 is 46.9.